The van der Waals surface area contributed by atoms with Gasteiger partial charge in [-0.1, -0.05) is 0 Å². The van der Waals surface area contributed by atoms with E-state index in [2.05, 4.69) is 4.18 Å². The Hall–Kier alpha value is 0.0300. The van der Waals surface area contributed by atoms with Crippen molar-refractivity contribution < 1.29 is 18.4 Å². The molecule has 0 aliphatic carbocycles. The number of hydrogen-bond donors (Lipinski definition) is 0. The van der Waals surface area contributed by atoms with Crippen LogP contribution in [0.1, 0.15) is 13.8 Å². The largest absolute Gasteiger partial charge is 0.870 e. The third kappa shape index (κ3) is 9.39. The average molecular weight is 140 g/mol. The second-order valence-corrected chi connectivity index (χ2v) is 1.95. The van der Waals surface area contributed by atoms with E-state index < -0.39 is 11.4 Å². The highest BCUT2D eigenvalue weighted by Crippen LogP contribution is 1.87. The summed E-state index contributed by atoms with van der Waals surface area (Å²) in [5.74, 6) is 0. The molecule has 0 bridgehead atoms. The van der Waals surface area contributed by atoms with Gasteiger partial charge >= 0.3 is 0 Å². The van der Waals surface area contributed by atoms with Gasteiger partial charge in [-0.05, 0) is 13.8 Å². The molecule has 0 aliphatic heterocycles. The average Bonchev–Trinajstić information content (AvgIpc) is 1.27. The Labute approximate surface area is 50.6 Å². The molecule has 0 rings (SSSR count). The summed E-state index contributed by atoms with van der Waals surface area (Å²) in [5, 5.41) is 0. The van der Waals surface area contributed by atoms with Gasteiger partial charge in [-0.3, -0.25) is 4.18 Å². The summed E-state index contributed by atoms with van der Waals surface area (Å²) >= 11 is -2.35. The fraction of sp³-hybridized carbons (Fsp3) is 1.00. The predicted octanol–water partition coefficient (Wildman–Crippen LogP) is 0.0287. The molecule has 0 saturated carbocycles. The molecule has 1 N–H and O–H groups in total. The van der Waals surface area contributed by atoms with Gasteiger partial charge in [0.05, 0.1) is 17.5 Å². The van der Waals surface area contributed by atoms with E-state index in [4.69, 9.17) is 0 Å². The van der Waals surface area contributed by atoms with Gasteiger partial charge in [-0.2, -0.15) is 0 Å². The summed E-state index contributed by atoms with van der Waals surface area (Å²) in [6, 6.07) is 0. The maximum atomic E-state index is 9.59. The van der Waals surface area contributed by atoms with Crippen molar-refractivity contribution in [1.29, 1.82) is 0 Å². The second-order valence-electron chi connectivity index (χ2n) is 1.35. The maximum absolute atomic E-state index is 9.59. The first-order chi connectivity index (χ1) is 3.13. The zero-order valence-corrected chi connectivity index (χ0v) is 5.47. The monoisotopic (exact) mass is 140 g/mol. The standard InChI is InChI=1S/C3H8O3S.H2O/c1-3(2)6-7(4)5;/h3H,1-2H3,(H,4,5);1H2/p-2. The second kappa shape index (κ2) is 5.17. The van der Waals surface area contributed by atoms with Gasteiger partial charge in [0.1, 0.15) is 0 Å². The van der Waals surface area contributed by atoms with Crippen LogP contribution in [0.5, 0.6) is 0 Å². The SMILES string of the molecule is CC(C)OS(=O)[O-].[OH-]. The van der Waals surface area contributed by atoms with Crippen molar-refractivity contribution in [2.24, 2.45) is 0 Å². The smallest absolute Gasteiger partial charge is 0.0844 e. The summed E-state index contributed by atoms with van der Waals surface area (Å²) < 4.78 is 23.3. The Morgan fingerprint density at radius 1 is 1.62 bits per heavy atom. The zero-order valence-electron chi connectivity index (χ0n) is 4.66. The molecule has 0 saturated heterocycles. The van der Waals surface area contributed by atoms with Crippen molar-refractivity contribution in [3.05, 3.63) is 0 Å². The van der Waals surface area contributed by atoms with E-state index in [9.17, 15) is 8.76 Å². The Balaban J connectivity index is 0. The van der Waals surface area contributed by atoms with Gasteiger partial charge < -0.3 is 10.0 Å². The van der Waals surface area contributed by atoms with E-state index in [0.717, 1.165) is 0 Å². The van der Waals surface area contributed by atoms with Crippen molar-refractivity contribution in [3.63, 3.8) is 0 Å². The Bertz CT molecular complexity index is 71.7. The summed E-state index contributed by atoms with van der Waals surface area (Å²) in [4.78, 5) is 0. The third-order valence-corrected chi connectivity index (χ3v) is 0.813. The first-order valence-electron chi connectivity index (χ1n) is 1.89. The molecule has 0 spiro atoms. The van der Waals surface area contributed by atoms with Gasteiger partial charge in [0.2, 0.25) is 0 Å². The van der Waals surface area contributed by atoms with E-state index in [-0.39, 0.29) is 11.6 Å². The molecule has 0 amide bonds. The molecule has 8 heavy (non-hydrogen) atoms. The Morgan fingerprint density at radius 2 is 2.00 bits per heavy atom. The minimum Gasteiger partial charge on any atom is -0.870 e. The molecular weight excluding hydrogens is 132 g/mol. The van der Waals surface area contributed by atoms with Crippen molar-refractivity contribution in [2.45, 2.75) is 20.0 Å². The van der Waals surface area contributed by atoms with Crippen LogP contribution >= 0.6 is 0 Å². The van der Waals surface area contributed by atoms with E-state index in [1.165, 1.54) is 0 Å². The van der Waals surface area contributed by atoms with Crippen LogP contribution in [0.4, 0.5) is 0 Å². The zero-order chi connectivity index (χ0) is 5.86. The predicted molar refractivity (Wildman–Crippen MR) is 27.1 cm³/mol. The number of rotatable bonds is 2. The molecule has 1 atom stereocenters. The molecule has 0 aromatic heterocycles. The molecule has 0 aromatic carbocycles. The maximum Gasteiger partial charge on any atom is 0.0844 e. The van der Waals surface area contributed by atoms with Gasteiger partial charge in [0.15, 0.2) is 0 Å². The van der Waals surface area contributed by atoms with Crippen LogP contribution in [0.3, 0.4) is 0 Å². The minimum atomic E-state index is -2.35. The summed E-state index contributed by atoms with van der Waals surface area (Å²) in [6.07, 6.45) is -0.238. The van der Waals surface area contributed by atoms with Gasteiger partial charge in [-0.15, -0.1) is 0 Å². The van der Waals surface area contributed by atoms with E-state index >= 15 is 0 Å². The lowest BCUT2D eigenvalue weighted by atomic mass is 10.5. The molecule has 0 aliphatic rings. The number of hydrogen-bond acceptors (Lipinski definition) is 4. The molecule has 52 valence electrons. The summed E-state index contributed by atoms with van der Waals surface area (Å²) in [7, 11) is 0. The van der Waals surface area contributed by atoms with E-state index in [0.29, 0.717) is 0 Å². The molecule has 0 heterocycles. The van der Waals surface area contributed by atoms with Crippen molar-refractivity contribution in [1.82, 2.24) is 0 Å². The molecule has 0 aromatic rings. The van der Waals surface area contributed by atoms with Crippen LogP contribution in [0.15, 0.2) is 0 Å². The van der Waals surface area contributed by atoms with E-state index in [1.54, 1.807) is 13.8 Å². The van der Waals surface area contributed by atoms with Crippen LogP contribution in [0, 0.1) is 0 Å². The van der Waals surface area contributed by atoms with Crippen molar-refractivity contribution >= 4 is 11.4 Å². The van der Waals surface area contributed by atoms with Gasteiger partial charge in [0, 0.05) is 0 Å². The van der Waals surface area contributed by atoms with Gasteiger partial charge in [0.25, 0.3) is 0 Å². The quantitative estimate of drug-likeness (QED) is 0.507. The Morgan fingerprint density at radius 3 is 2.00 bits per heavy atom. The molecule has 4 nitrogen and oxygen atoms in total. The van der Waals surface area contributed by atoms with Crippen LogP contribution in [-0.2, 0) is 15.5 Å². The van der Waals surface area contributed by atoms with Crippen LogP contribution in [0.2, 0.25) is 0 Å². The van der Waals surface area contributed by atoms with Crippen LogP contribution in [0.25, 0.3) is 0 Å². The molecule has 1 unspecified atom stereocenters. The summed E-state index contributed by atoms with van der Waals surface area (Å²) in [5.41, 5.74) is 0. The fourth-order valence-corrected chi connectivity index (χ4v) is 0.471. The highest BCUT2D eigenvalue weighted by atomic mass is 32.2. The topological polar surface area (TPSA) is 79.4 Å². The first-order valence-corrected chi connectivity index (χ1v) is 2.89. The molecule has 0 radical (unpaired) electrons. The highest BCUT2D eigenvalue weighted by molar-refractivity contribution is 7.74. The van der Waals surface area contributed by atoms with Crippen molar-refractivity contribution in [2.75, 3.05) is 0 Å². The lowest BCUT2D eigenvalue weighted by Gasteiger charge is -2.06. The first kappa shape index (κ1) is 10.9. The molecule has 0 fully saturated rings. The lowest BCUT2D eigenvalue weighted by Crippen LogP contribution is -2.03. The van der Waals surface area contributed by atoms with Crippen LogP contribution in [-0.4, -0.2) is 20.3 Å². The lowest BCUT2D eigenvalue weighted by molar-refractivity contribution is 0.237. The fourth-order valence-electron chi connectivity index (χ4n) is 0.157. The van der Waals surface area contributed by atoms with Gasteiger partial charge in [-0.25, -0.2) is 4.21 Å². The highest BCUT2D eigenvalue weighted by Gasteiger charge is 1.88. The Kier molecular flexibility index (Phi) is 7.06. The van der Waals surface area contributed by atoms with Crippen molar-refractivity contribution in [3.8, 4) is 0 Å². The van der Waals surface area contributed by atoms with Crippen LogP contribution < -0.4 is 0 Å². The minimum absolute atomic E-state index is 0. The summed E-state index contributed by atoms with van der Waals surface area (Å²) in [6.45, 7) is 3.30. The van der Waals surface area contributed by atoms with E-state index in [1.807, 2.05) is 0 Å². The normalized spacial score (nSPS) is 13.0. The molecule has 5 heteroatoms. The molecular formula is C3H8O4S-2. The third-order valence-electron chi connectivity index (χ3n) is 0.271.